The highest BCUT2D eigenvalue weighted by Crippen LogP contribution is 2.12. The van der Waals surface area contributed by atoms with E-state index in [1.807, 2.05) is 44.4 Å². The van der Waals surface area contributed by atoms with Gasteiger partial charge in [-0.3, -0.25) is 4.79 Å². The first-order chi connectivity index (χ1) is 8.61. The lowest BCUT2D eigenvalue weighted by Gasteiger charge is -2.15. The molecule has 0 spiro atoms. The summed E-state index contributed by atoms with van der Waals surface area (Å²) in [6, 6.07) is 8.68. The van der Waals surface area contributed by atoms with Crippen molar-refractivity contribution in [1.82, 2.24) is 10.2 Å². The summed E-state index contributed by atoms with van der Waals surface area (Å²) in [7, 11) is 4.08. The lowest BCUT2D eigenvalue weighted by atomic mass is 10.1. The fourth-order valence-electron chi connectivity index (χ4n) is 1.79. The first-order valence-corrected chi connectivity index (χ1v) is 6.27. The van der Waals surface area contributed by atoms with Crippen LogP contribution < -0.4 is 5.32 Å². The third kappa shape index (κ3) is 5.29. The summed E-state index contributed by atoms with van der Waals surface area (Å²) in [4.78, 5) is 13.3. The highest BCUT2D eigenvalue weighted by atomic mass is 16.4. The average Bonchev–Trinajstić information content (AvgIpc) is 2.34. The largest absolute Gasteiger partial charge is 0.480 e. The molecule has 0 saturated carbocycles. The van der Waals surface area contributed by atoms with Crippen molar-refractivity contribution in [3.05, 3.63) is 35.9 Å². The second-order valence-electron chi connectivity index (χ2n) is 4.65. The minimum absolute atomic E-state index is 0.606. The first-order valence-electron chi connectivity index (χ1n) is 6.27. The molecule has 18 heavy (non-hydrogen) atoms. The van der Waals surface area contributed by atoms with Crippen LogP contribution in [0.15, 0.2) is 30.3 Å². The van der Waals surface area contributed by atoms with Crippen LogP contribution in [-0.4, -0.2) is 43.2 Å². The van der Waals surface area contributed by atoms with Crippen LogP contribution in [0.4, 0.5) is 0 Å². The van der Waals surface area contributed by atoms with Gasteiger partial charge in [0, 0.05) is 0 Å². The number of carboxylic acid groups (broad SMARTS) is 1. The van der Waals surface area contributed by atoms with Crippen LogP contribution in [0.3, 0.4) is 0 Å². The number of benzene rings is 1. The van der Waals surface area contributed by atoms with Gasteiger partial charge in [-0.1, -0.05) is 30.3 Å². The van der Waals surface area contributed by atoms with Crippen LogP contribution >= 0.6 is 0 Å². The molecule has 100 valence electrons. The van der Waals surface area contributed by atoms with Crippen molar-refractivity contribution in [2.45, 2.75) is 18.9 Å². The summed E-state index contributed by atoms with van der Waals surface area (Å²) in [5.41, 5.74) is 0.803. The van der Waals surface area contributed by atoms with Crippen molar-refractivity contribution in [2.75, 3.05) is 27.2 Å². The zero-order valence-corrected chi connectivity index (χ0v) is 11.1. The fraction of sp³-hybridized carbons (Fsp3) is 0.500. The Kier molecular flexibility index (Phi) is 6.39. The Morgan fingerprint density at radius 1 is 1.28 bits per heavy atom. The van der Waals surface area contributed by atoms with Gasteiger partial charge in [0.1, 0.15) is 6.04 Å². The van der Waals surface area contributed by atoms with Crippen molar-refractivity contribution >= 4 is 5.97 Å². The monoisotopic (exact) mass is 250 g/mol. The summed E-state index contributed by atoms with van der Waals surface area (Å²) in [5, 5.41) is 12.3. The lowest BCUT2D eigenvalue weighted by Crippen LogP contribution is -2.29. The number of rotatable bonds is 8. The van der Waals surface area contributed by atoms with Gasteiger partial charge < -0.3 is 15.3 Å². The molecule has 0 amide bonds. The van der Waals surface area contributed by atoms with Gasteiger partial charge in [0.05, 0.1) is 0 Å². The number of carboxylic acids is 1. The van der Waals surface area contributed by atoms with Gasteiger partial charge in [-0.15, -0.1) is 0 Å². The normalized spacial score (nSPS) is 12.6. The number of nitrogens with one attached hydrogen (secondary N) is 1. The van der Waals surface area contributed by atoms with E-state index >= 15 is 0 Å². The SMILES string of the molecule is CN(C)CCCCNC(C(=O)O)c1ccccc1. The highest BCUT2D eigenvalue weighted by molar-refractivity contribution is 5.75. The van der Waals surface area contributed by atoms with E-state index < -0.39 is 12.0 Å². The molecular formula is C14H22N2O2. The van der Waals surface area contributed by atoms with E-state index in [9.17, 15) is 9.90 Å². The standard InChI is InChI=1S/C14H22N2O2/c1-16(2)11-7-6-10-15-13(14(17)18)12-8-4-3-5-9-12/h3-5,8-9,13,15H,6-7,10-11H2,1-2H3,(H,17,18). The summed E-state index contributed by atoms with van der Waals surface area (Å²) in [6.07, 6.45) is 2.05. The van der Waals surface area contributed by atoms with Crippen LogP contribution in [0.2, 0.25) is 0 Å². The molecule has 0 bridgehead atoms. The maximum Gasteiger partial charge on any atom is 0.325 e. The zero-order valence-electron chi connectivity index (χ0n) is 11.1. The third-order valence-corrected chi connectivity index (χ3v) is 2.76. The topological polar surface area (TPSA) is 52.6 Å². The number of carbonyl (C=O) groups is 1. The Bertz CT molecular complexity index is 352. The maximum absolute atomic E-state index is 11.2. The Morgan fingerprint density at radius 2 is 1.94 bits per heavy atom. The quantitative estimate of drug-likeness (QED) is 0.690. The summed E-state index contributed by atoms with van der Waals surface area (Å²) in [6.45, 7) is 1.75. The molecule has 2 N–H and O–H groups in total. The van der Waals surface area contributed by atoms with E-state index in [4.69, 9.17) is 0 Å². The van der Waals surface area contributed by atoms with E-state index in [2.05, 4.69) is 10.2 Å². The average molecular weight is 250 g/mol. The van der Waals surface area contributed by atoms with E-state index in [-0.39, 0.29) is 0 Å². The smallest absolute Gasteiger partial charge is 0.325 e. The Morgan fingerprint density at radius 3 is 2.50 bits per heavy atom. The van der Waals surface area contributed by atoms with Gasteiger partial charge in [-0.25, -0.2) is 0 Å². The van der Waals surface area contributed by atoms with Crippen molar-refractivity contribution in [3.63, 3.8) is 0 Å². The van der Waals surface area contributed by atoms with E-state index in [0.717, 1.165) is 31.5 Å². The van der Waals surface area contributed by atoms with Crippen molar-refractivity contribution < 1.29 is 9.90 Å². The maximum atomic E-state index is 11.2. The second-order valence-corrected chi connectivity index (χ2v) is 4.65. The molecule has 0 aliphatic heterocycles. The molecular weight excluding hydrogens is 228 g/mol. The number of unbranched alkanes of at least 4 members (excludes halogenated alkanes) is 1. The van der Waals surface area contributed by atoms with Gasteiger partial charge in [-0.05, 0) is 45.6 Å². The fourth-order valence-corrected chi connectivity index (χ4v) is 1.79. The first kappa shape index (κ1) is 14.7. The minimum atomic E-state index is -0.825. The minimum Gasteiger partial charge on any atom is -0.480 e. The van der Waals surface area contributed by atoms with Crippen molar-refractivity contribution in [1.29, 1.82) is 0 Å². The highest BCUT2D eigenvalue weighted by Gasteiger charge is 2.17. The number of nitrogens with zero attached hydrogens (tertiary/aromatic N) is 1. The van der Waals surface area contributed by atoms with E-state index in [1.54, 1.807) is 0 Å². The molecule has 0 radical (unpaired) electrons. The number of aliphatic carboxylic acids is 1. The predicted octanol–water partition coefficient (Wildman–Crippen LogP) is 1.74. The molecule has 4 heteroatoms. The van der Waals surface area contributed by atoms with Crippen molar-refractivity contribution in [3.8, 4) is 0 Å². The molecule has 0 aromatic heterocycles. The molecule has 1 rings (SSSR count). The summed E-state index contributed by atoms with van der Waals surface area (Å²) in [5.74, 6) is -0.825. The molecule has 0 saturated heterocycles. The molecule has 1 aromatic rings. The Hall–Kier alpha value is -1.39. The number of hydrogen-bond donors (Lipinski definition) is 2. The molecule has 1 atom stereocenters. The third-order valence-electron chi connectivity index (χ3n) is 2.76. The Balaban J connectivity index is 2.38. The van der Waals surface area contributed by atoms with Crippen LogP contribution in [0.25, 0.3) is 0 Å². The van der Waals surface area contributed by atoms with Crippen LogP contribution in [0.1, 0.15) is 24.4 Å². The lowest BCUT2D eigenvalue weighted by molar-refractivity contribution is -0.139. The van der Waals surface area contributed by atoms with Gasteiger partial charge in [0.2, 0.25) is 0 Å². The van der Waals surface area contributed by atoms with Gasteiger partial charge in [0.25, 0.3) is 0 Å². The molecule has 4 nitrogen and oxygen atoms in total. The van der Waals surface area contributed by atoms with Gasteiger partial charge >= 0.3 is 5.97 Å². The number of hydrogen-bond acceptors (Lipinski definition) is 3. The molecule has 1 unspecified atom stereocenters. The van der Waals surface area contributed by atoms with Gasteiger partial charge in [0.15, 0.2) is 0 Å². The Labute approximate surface area is 109 Å². The molecule has 0 heterocycles. The van der Waals surface area contributed by atoms with E-state index in [1.165, 1.54) is 0 Å². The van der Waals surface area contributed by atoms with Crippen LogP contribution in [0, 0.1) is 0 Å². The van der Waals surface area contributed by atoms with E-state index in [0.29, 0.717) is 0 Å². The summed E-state index contributed by atoms with van der Waals surface area (Å²) < 4.78 is 0. The summed E-state index contributed by atoms with van der Waals surface area (Å²) >= 11 is 0. The molecule has 0 aliphatic rings. The predicted molar refractivity (Wildman–Crippen MR) is 72.6 cm³/mol. The molecule has 0 aliphatic carbocycles. The molecule has 0 fully saturated rings. The van der Waals surface area contributed by atoms with Gasteiger partial charge in [-0.2, -0.15) is 0 Å². The molecule has 1 aromatic carbocycles. The second kappa shape index (κ2) is 7.84. The zero-order chi connectivity index (χ0) is 13.4. The van der Waals surface area contributed by atoms with Crippen LogP contribution in [-0.2, 0) is 4.79 Å². The van der Waals surface area contributed by atoms with Crippen molar-refractivity contribution in [2.24, 2.45) is 0 Å². The van der Waals surface area contributed by atoms with Crippen LogP contribution in [0.5, 0.6) is 0 Å².